The van der Waals surface area contributed by atoms with Crippen molar-refractivity contribution >= 4 is 31.3 Å². The summed E-state index contributed by atoms with van der Waals surface area (Å²) in [7, 11) is -2.14. The Morgan fingerprint density at radius 3 is 1.44 bits per heavy atom. The van der Waals surface area contributed by atoms with Crippen molar-refractivity contribution in [2.75, 3.05) is 6.61 Å². The number of thiophene rings is 1. The van der Waals surface area contributed by atoms with Crippen LogP contribution in [0.5, 0.6) is 0 Å². The van der Waals surface area contributed by atoms with Crippen LogP contribution < -0.4 is 0 Å². The van der Waals surface area contributed by atoms with Crippen molar-refractivity contribution in [2.45, 2.75) is 122 Å². The zero-order chi connectivity index (χ0) is 40.2. The Balaban J connectivity index is 1.37. The van der Waals surface area contributed by atoms with Crippen LogP contribution in [0.25, 0.3) is 0 Å². The lowest BCUT2D eigenvalue weighted by Gasteiger charge is -2.46. The fourth-order valence-corrected chi connectivity index (χ4v) is 15.1. The van der Waals surface area contributed by atoms with Gasteiger partial charge in [-0.25, -0.2) is 0 Å². The van der Waals surface area contributed by atoms with Crippen molar-refractivity contribution in [3.8, 4) is 0 Å². The third-order valence-corrected chi connectivity index (χ3v) is 18.7. The lowest BCUT2D eigenvalue weighted by atomic mass is 9.93. The van der Waals surface area contributed by atoms with E-state index in [1.54, 1.807) is 0 Å². The minimum atomic E-state index is -2.14. The molecule has 2 heterocycles. The third kappa shape index (κ3) is 11.3. The standard InChI is InChI=1S/C48H59ClO6SSi/c1-34(2)57(35(3)4,36(5)6)54-32-41-27-43(56-48(41)49)45-47(53-31-40-25-17-10-18-26-40)46(52-30-39-23-15-9-16-24-39)44(51-29-38-21-13-8-14-22-38)42(55-45)33-50-28-37-19-11-7-12-20-37/h7-27,34-36,42,44-47H,28-33H2,1-6H3/t42-,44-,45?,46+,47+/m1/s1. The second-order valence-electron chi connectivity index (χ2n) is 15.9. The first-order chi connectivity index (χ1) is 27.7. The van der Waals surface area contributed by atoms with E-state index in [4.69, 9.17) is 39.7 Å². The Morgan fingerprint density at radius 2 is 0.982 bits per heavy atom. The van der Waals surface area contributed by atoms with Gasteiger partial charge in [-0.05, 0) is 44.9 Å². The summed E-state index contributed by atoms with van der Waals surface area (Å²) in [6.45, 7) is 16.2. The van der Waals surface area contributed by atoms with Gasteiger partial charge in [-0.2, -0.15) is 0 Å². The molecule has 6 rings (SSSR count). The molecule has 1 aliphatic rings. The molecule has 1 saturated heterocycles. The molecule has 0 N–H and O–H groups in total. The maximum atomic E-state index is 7.19. The van der Waals surface area contributed by atoms with Crippen LogP contribution in [0.15, 0.2) is 127 Å². The average Bonchev–Trinajstić information content (AvgIpc) is 3.59. The van der Waals surface area contributed by atoms with E-state index in [2.05, 4.69) is 96.1 Å². The van der Waals surface area contributed by atoms with Crippen LogP contribution >= 0.6 is 22.9 Å². The molecule has 1 aromatic heterocycles. The summed E-state index contributed by atoms with van der Waals surface area (Å²) in [5, 5.41) is 0. The second-order valence-corrected chi connectivity index (χ2v) is 23.1. The van der Waals surface area contributed by atoms with E-state index < -0.39 is 38.8 Å². The zero-order valence-electron chi connectivity index (χ0n) is 34.2. The van der Waals surface area contributed by atoms with Crippen molar-refractivity contribution in [1.29, 1.82) is 0 Å². The largest absolute Gasteiger partial charge is 0.412 e. The molecular weight excluding hydrogens is 768 g/mol. The molecule has 0 radical (unpaired) electrons. The Kier molecular flexibility index (Phi) is 16.2. The molecule has 0 spiro atoms. The van der Waals surface area contributed by atoms with E-state index >= 15 is 0 Å². The van der Waals surface area contributed by atoms with Gasteiger partial charge in [0.15, 0.2) is 0 Å². The number of rotatable bonds is 20. The highest BCUT2D eigenvalue weighted by Crippen LogP contribution is 2.46. The average molecular weight is 828 g/mol. The maximum absolute atomic E-state index is 7.19. The van der Waals surface area contributed by atoms with Crippen molar-refractivity contribution < 1.29 is 28.1 Å². The number of hydrogen-bond acceptors (Lipinski definition) is 7. The number of ether oxygens (including phenoxy) is 5. The van der Waals surface area contributed by atoms with Gasteiger partial charge in [0.25, 0.3) is 0 Å². The second kappa shape index (κ2) is 21.2. The number of benzene rings is 4. The van der Waals surface area contributed by atoms with E-state index in [9.17, 15) is 0 Å². The molecular formula is C48H59ClO6SSi. The number of halogens is 1. The fourth-order valence-electron chi connectivity index (χ4n) is 8.39. The van der Waals surface area contributed by atoms with E-state index in [-0.39, 0.29) is 0 Å². The molecule has 0 saturated carbocycles. The minimum absolute atomic E-state index is 0.293. The van der Waals surface area contributed by atoms with Crippen molar-refractivity contribution in [2.24, 2.45) is 0 Å². The lowest BCUT2D eigenvalue weighted by molar-refractivity contribution is -0.274. The summed E-state index contributed by atoms with van der Waals surface area (Å²) in [5.41, 5.74) is 6.62. The summed E-state index contributed by atoms with van der Waals surface area (Å²) >= 11 is 8.67. The van der Waals surface area contributed by atoms with Crippen LogP contribution in [0, 0.1) is 0 Å². The summed E-state index contributed by atoms with van der Waals surface area (Å²) in [4.78, 5) is 0.963. The first-order valence-electron chi connectivity index (χ1n) is 20.3. The highest BCUT2D eigenvalue weighted by Gasteiger charge is 2.50. The fraction of sp³-hybridized carbons (Fsp3) is 0.417. The molecule has 0 bridgehead atoms. The third-order valence-electron chi connectivity index (χ3n) is 11.1. The summed E-state index contributed by atoms with van der Waals surface area (Å²) in [5.74, 6) is 0. The van der Waals surface area contributed by atoms with E-state index in [0.717, 1.165) is 32.7 Å². The minimum Gasteiger partial charge on any atom is -0.412 e. The summed E-state index contributed by atoms with van der Waals surface area (Å²) < 4.78 is 42.2. The molecule has 1 fully saturated rings. The number of hydrogen-bond donors (Lipinski definition) is 0. The van der Waals surface area contributed by atoms with Gasteiger partial charge in [0.05, 0.1) is 44.0 Å². The van der Waals surface area contributed by atoms with Crippen molar-refractivity contribution in [3.63, 3.8) is 0 Å². The highest BCUT2D eigenvalue weighted by molar-refractivity contribution is 7.16. The topological polar surface area (TPSA) is 55.4 Å². The molecule has 5 atom stereocenters. The molecule has 5 aromatic rings. The van der Waals surface area contributed by atoms with Crippen molar-refractivity contribution in [3.05, 3.63) is 164 Å². The molecule has 9 heteroatoms. The van der Waals surface area contributed by atoms with Gasteiger partial charge in [0.2, 0.25) is 8.32 Å². The molecule has 0 amide bonds. The van der Waals surface area contributed by atoms with E-state index in [1.165, 1.54) is 11.3 Å². The molecule has 0 aliphatic carbocycles. The van der Waals surface area contributed by atoms with Crippen LogP contribution in [0.4, 0.5) is 0 Å². The molecule has 304 valence electrons. The van der Waals surface area contributed by atoms with Gasteiger partial charge in [-0.1, -0.05) is 174 Å². The Morgan fingerprint density at radius 1 is 0.561 bits per heavy atom. The van der Waals surface area contributed by atoms with Gasteiger partial charge in [-0.3, -0.25) is 0 Å². The monoisotopic (exact) mass is 826 g/mol. The highest BCUT2D eigenvalue weighted by atomic mass is 35.5. The quantitative estimate of drug-likeness (QED) is 0.0729. The van der Waals surface area contributed by atoms with Crippen LogP contribution in [0.1, 0.15) is 80.3 Å². The Labute approximate surface area is 350 Å². The first-order valence-corrected chi connectivity index (χ1v) is 23.6. The molecule has 1 aliphatic heterocycles. The van der Waals surface area contributed by atoms with E-state index in [0.29, 0.717) is 60.6 Å². The Hall–Kier alpha value is -3.15. The van der Waals surface area contributed by atoms with Crippen LogP contribution in [0.2, 0.25) is 21.0 Å². The summed E-state index contributed by atoms with van der Waals surface area (Å²) in [6, 6.07) is 43.1. The zero-order valence-corrected chi connectivity index (χ0v) is 36.8. The lowest BCUT2D eigenvalue weighted by Crippen LogP contribution is -2.58. The predicted molar refractivity (Wildman–Crippen MR) is 234 cm³/mol. The first kappa shape index (κ1) is 43.4. The SMILES string of the molecule is CC(C)[Si](OCc1cc(C2O[C@H](COCc3ccccc3)[C@@H](OCc3ccccc3)[C@H](OCc3ccccc3)[C@H]2OCc2ccccc2)sc1Cl)(C(C)C)C(C)C. The molecule has 1 unspecified atom stereocenters. The van der Waals surface area contributed by atoms with Gasteiger partial charge in [-0.15, -0.1) is 11.3 Å². The van der Waals surface area contributed by atoms with Crippen LogP contribution in [0.3, 0.4) is 0 Å². The van der Waals surface area contributed by atoms with E-state index in [1.807, 2.05) is 72.8 Å². The van der Waals surface area contributed by atoms with Crippen molar-refractivity contribution in [1.82, 2.24) is 0 Å². The predicted octanol–water partition coefficient (Wildman–Crippen LogP) is 12.5. The molecule has 4 aromatic carbocycles. The summed E-state index contributed by atoms with van der Waals surface area (Å²) in [6.07, 6.45) is -2.59. The van der Waals surface area contributed by atoms with Crippen LogP contribution in [-0.4, -0.2) is 39.3 Å². The molecule has 57 heavy (non-hydrogen) atoms. The maximum Gasteiger partial charge on any atom is 0.200 e. The van der Waals surface area contributed by atoms with Gasteiger partial charge in [0.1, 0.15) is 30.5 Å². The normalized spacial score (nSPS) is 20.1. The van der Waals surface area contributed by atoms with Gasteiger partial charge >= 0.3 is 0 Å². The Bertz CT molecular complexity index is 1870. The molecule has 6 nitrogen and oxygen atoms in total. The van der Waals surface area contributed by atoms with Crippen LogP contribution in [-0.2, 0) is 61.1 Å². The van der Waals surface area contributed by atoms with Gasteiger partial charge < -0.3 is 28.1 Å². The van der Waals surface area contributed by atoms with Gasteiger partial charge in [0, 0.05) is 10.4 Å². The smallest absolute Gasteiger partial charge is 0.200 e.